The summed E-state index contributed by atoms with van der Waals surface area (Å²) in [5.41, 5.74) is 1.13. The maximum Gasteiger partial charge on any atom is 0.236 e. The van der Waals surface area contributed by atoms with Crippen molar-refractivity contribution < 1.29 is 9.18 Å². The fourth-order valence-corrected chi connectivity index (χ4v) is 4.08. The Kier molecular flexibility index (Phi) is 5.92. The number of nitrogens with two attached hydrogens (primary N) is 1. The van der Waals surface area contributed by atoms with Crippen LogP contribution in [0.4, 0.5) is 10.2 Å². The Morgan fingerprint density at radius 2 is 2.19 bits per heavy atom. The van der Waals surface area contributed by atoms with Crippen molar-refractivity contribution in [2.75, 3.05) is 31.3 Å². The van der Waals surface area contributed by atoms with Gasteiger partial charge in [-0.05, 0) is 32.4 Å². The van der Waals surface area contributed by atoms with Gasteiger partial charge in [0.15, 0.2) is 23.1 Å². The molecule has 0 aliphatic carbocycles. The van der Waals surface area contributed by atoms with Gasteiger partial charge in [0.25, 0.3) is 0 Å². The summed E-state index contributed by atoms with van der Waals surface area (Å²) in [6.45, 7) is 3.29. The van der Waals surface area contributed by atoms with E-state index in [-0.39, 0.29) is 23.8 Å². The van der Waals surface area contributed by atoms with Gasteiger partial charge >= 0.3 is 0 Å². The van der Waals surface area contributed by atoms with Crippen molar-refractivity contribution in [1.29, 1.82) is 0 Å². The van der Waals surface area contributed by atoms with E-state index in [1.807, 2.05) is 6.92 Å². The number of fused-ring (bicyclic) bond motifs is 1. The maximum absolute atomic E-state index is 14.5. The minimum Gasteiger partial charge on any atom is -0.363 e. The van der Waals surface area contributed by atoms with E-state index in [2.05, 4.69) is 30.5 Å². The number of likely N-dealkylation sites (tertiary alicyclic amines) is 1. The predicted molar refractivity (Wildman–Crippen MR) is 118 cm³/mol. The summed E-state index contributed by atoms with van der Waals surface area (Å²) in [6.07, 6.45) is 6.01. The summed E-state index contributed by atoms with van der Waals surface area (Å²) in [5.74, 6) is 5.82. The van der Waals surface area contributed by atoms with Gasteiger partial charge < -0.3 is 16.5 Å². The number of nitrogens with zero attached hydrogens (tertiary/aromatic N) is 5. The third-order valence-electron chi connectivity index (χ3n) is 5.59. The van der Waals surface area contributed by atoms with Crippen molar-refractivity contribution in [3.8, 4) is 11.4 Å². The molecule has 4 N–H and O–H groups in total. The molecule has 1 saturated heterocycles. The molecular weight excluding hydrogens is 423 g/mol. The number of pyridine rings is 1. The molecule has 11 heteroatoms. The molecule has 1 amide bonds. The number of nitrogens with one attached hydrogen (secondary N) is 2. The molecule has 9 nitrogen and oxygen atoms in total. The summed E-state index contributed by atoms with van der Waals surface area (Å²) in [5, 5.41) is 6.99. The van der Waals surface area contributed by atoms with E-state index in [0.29, 0.717) is 34.0 Å². The first-order valence-corrected chi connectivity index (χ1v) is 10.4. The molecule has 2 atom stereocenters. The van der Waals surface area contributed by atoms with Crippen LogP contribution in [0.5, 0.6) is 0 Å². The average Bonchev–Trinajstić information content (AvgIpc) is 3.10. The molecule has 1 fully saturated rings. The van der Waals surface area contributed by atoms with Gasteiger partial charge in [-0.15, -0.1) is 0 Å². The highest BCUT2D eigenvalue weighted by atomic mass is 35.5. The number of carbonyl (C=O) groups excluding carboxylic acids is 1. The van der Waals surface area contributed by atoms with Gasteiger partial charge in [-0.2, -0.15) is 0 Å². The molecule has 3 aromatic heterocycles. The molecule has 1 aliphatic rings. The SMILES string of the molecule is CNC(=O)C(C)N1CCC[C@H](Nc2nc(-c3cn(N)c4ncc(Cl)cc34)ncc2F)C1. The van der Waals surface area contributed by atoms with Crippen LogP contribution in [0.2, 0.25) is 5.02 Å². The van der Waals surface area contributed by atoms with Crippen LogP contribution in [0.3, 0.4) is 0 Å². The average molecular weight is 447 g/mol. The van der Waals surface area contributed by atoms with E-state index in [1.165, 1.54) is 10.9 Å². The Hall–Kier alpha value is -2.98. The number of likely N-dealkylation sites (N-methyl/N-ethyl adjacent to an activating group) is 1. The number of hydrogen-bond donors (Lipinski definition) is 3. The van der Waals surface area contributed by atoms with Gasteiger partial charge in [0.05, 0.1) is 17.3 Å². The number of anilines is 1. The summed E-state index contributed by atoms with van der Waals surface area (Å²) in [7, 11) is 1.62. The van der Waals surface area contributed by atoms with Crippen molar-refractivity contribution >= 4 is 34.4 Å². The van der Waals surface area contributed by atoms with Gasteiger partial charge in [0, 0.05) is 43.0 Å². The van der Waals surface area contributed by atoms with Crippen molar-refractivity contribution in [2.45, 2.75) is 31.8 Å². The third-order valence-corrected chi connectivity index (χ3v) is 5.80. The van der Waals surface area contributed by atoms with E-state index in [0.717, 1.165) is 25.6 Å². The molecule has 31 heavy (non-hydrogen) atoms. The summed E-state index contributed by atoms with van der Waals surface area (Å²) in [4.78, 5) is 26.9. The molecule has 0 bridgehead atoms. The van der Waals surface area contributed by atoms with Crippen LogP contribution in [-0.4, -0.2) is 62.7 Å². The normalized spacial score (nSPS) is 18.1. The molecule has 0 spiro atoms. The van der Waals surface area contributed by atoms with Crippen LogP contribution in [0.1, 0.15) is 19.8 Å². The second-order valence-corrected chi connectivity index (χ2v) is 8.07. The lowest BCUT2D eigenvalue weighted by atomic mass is 10.0. The largest absolute Gasteiger partial charge is 0.363 e. The number of rotatable bonds is 5. The molecular formula is C20H24ClFN8O. The lowest BCUT2D eigenvalue weighted by molar-refractivity contribution is -0.125. The Morgan fingerprint density at radius 3 is 2.97 bits per heavy atom. The summed E-state index contributed by atoms with van der Waals surface area (Å²) >= 11 is 6.09. The molecule has 1 aliphatic heterocycles. The first-order chi connectivity index (χ1) is 14.9. The zero-order valence-electron chi connectivity index (χ0n) is 17.3. The Labute approximate surface area is 183 Å². The van der Waals surface area contributed by atoms with Crippen LogP contribution >= 0.6 is 11.6 Å². The smallest absolute Gasteiger partial charge is 0.236 e. The number of hydrogen-bond acceptors (Lipinski definition) is 7. The van der Waals surface area contributed by atoms with Crippen molar-refractivity contribution in [3.63, 3.8) is 0 Å². The molecule has 164 valence electrons. The number of carbonyl (C=O) groups is 1. The van der Waals surface area contributed by atoms with Crippen LogP contribution in [0.25, 0.3) is 22.4 Å². The van der Waals surface area contributed by atoms with Crippen molar-refractivity contribution in [3.05, 3.63) is 35.5 Å². The molecule has 0 saturated carbocycles. The predicted octanol–water partition coefficient (Wildman–Crippen LogP) is 2.01. The summed E-state index contributed by atoms with van der Waals surface area (Å²) in [6, 6.07) is 1.42. The molecule has 3 aromatic rings. The molecule has 4 heterocycles. The summed E-state index contributed by atoms with van der Waals surface area (Å²) < 4.78 is 15.9. The Bertz CT molecular complexity index is 1120. The highest BCUT2D eigenvalue weighted by molar-refractivity contribution is 6.31. The van der Waals surface area contributed by atoms with E-state index in [4.69, 9.17) is 17.4 Å². The van der Waals surface area contributed by atoms with Crippen LogP contribution < -0.4 is 16.5 Å². The second-order valence-electron chi connectivity index (χ2n) is 7.63. The zero-order valence-corrected chi connectivity index (χ0v) is 18.0. The van der Waals surface area contributed by atoms with Crippen LogP contribution in [0, 0.1) is 5.82 Å². The van der Waals surface area contributed by atoms with E-state index < -0.39 is 5.82 Å². The van der Waals surface area contributed by atoms with Gasteiger partial charge in [-0.3, -0.25) is 14.4 Å². The fraction of sp³-hybridized carbons (Fsp3) is 0.400. The van der Waals surface area contributed by atoms with Gasteiger partial charge in [0.1, 0.15) is 0 Å². The topological polar surface area (TPSA) is 114 Å². The van der Waals surface area contributed by atoms with E-state index >= 15 is 0 Å². The highest BCUT2D eigenvalue weighted by Crippen LogP contribution is 2.29. The molecule has 0 radical (unpaired) electrons. The first-order valence-electron chi connectivity index (χ1n) is 10.0. The zero-order chi connectivity index (χ0) is 22.1. The number of piperidine rings is 1. The van der Waals surface area contributed by atoms with E-state index in [1.54, 1.807) is 19.3 Å². The third kappa shape index (κ3) is 4.26. The quantitative estimate of drug-likeness (QED) is 0.513. The maximum atomic E-state index is 14.5. The molecule has 4 rings (SSSR count). The van der Waals surface area contributed by atoms with Crippen LogP contribution in [0.15, 0.2) is 24.7 Å². The second kappa shape index (κ2) is 8.64. The standard InChI is InChI=1S/C20H24ClFN8O/c1-11(20(31)24-2)29-5-3-4-13(9-29)27-18-16(22)8-25-17(28-18)15-10-30(23)19-14(15)6-12(21)7-26-19/h6-8,10-11,13H,3-5,9,23H2,1-2H3,(H,24,31)(H,25,27,28)/t11?,13-/m0/s1. The Balaban J connectivity index is 1.59. The first kappa shape index (κ1) is 21.3. The van der Waals surface area contributed by atoms with Gasteiger partial charge in [0.2, 0.25) is 5.91 Å². The number of amides is 1. The van der Waals surface area contributed by atoms with Crippen LogP contribution in [-0.2, 0) is 4.79 Å². The number of nitrogen functional groups attached to an aromatic ring is 1. The lowest BCUT2D eigenvalue weighted by Crippen LogP contribution is -2.51. The minimum atomic E-state index is -0.548. The van der Waals surface area contributed by atoms with Gasteiger partial charge in [-0.1, -0.05) is 11.6 Å². The van der Waals surface area contributed by atoms with Gasteiger partial charge in [-0.25, -0.2) is 19.3 Å². The molecule has 0 aromatic carbocycles. The highest BCUT2D eigenvalue weighted by Gasteiger charge is 2.27. The Morgan fingerprint density at radius 1 is 1.39 bits per heavy atom. The minimum absolute atomic E-state index is 0.0402. The number of aromatic nitrogens is 4. The van der Waals surface area contributed by atoms with Crippen molar-refractivity contribution in [1.82, 2.24) is 29.8 Å². The van der Waals surface area contributed by atoms with Crippen molar-refractivity contribution in [2.24, 2.45) is 0 Å². The van der Waals surface area contributed by atoms with E-state index in [9.17, 15) is 9.18 Å². The number of halogens is 2. The monoisotopic (exact) mass is 446 g/mol. The molecule has 1 unspecified atom stereocenters. The fourth-order valence-electron chi connectivity index (χ4n) is 3.93. The lowest BCUT2D eigenvalue weighted by Gasteiger charge is -2.36.